The minimum absolute atomic E-state index is 0.0172. The van der Waals surface area contributed by atoms with Crippen molar-refractivity contribution in [2.24, 2.45) is 0 Å². The Labute approximate surface area is 172 Å². The van der Waals surface area contributed by atoms with Crippen LogP contribution >= 0.6 is 11.6 Å². The molecule has 2 heterocycles. The highest BCUT2D eigenvalue weighted by Gasteiger charge is 2.18. The maximum atomic E-state index is 13.2. The molecule has 0 aliphatic carbocycles. The molecule has 0 saturated heterocycles. The summed E-state index contributed by atoms with van der Waals surface area (Å²) in [6, 6.07) is 8.83. The Bertz CT molecular complexity index is 1070. The van der Waals surface area contributed by atoms with Gasteiger partial charge in [-0.15, -0.1) is 0 Å². The van der Waals surface area contributed by atoms with Crippen LogP contribution in [0.1, 0.15) is 18.1 Å². The fraction of sp³-hybridized carbons (Fsp3) is 0.143. The van der Waals surface area contributed by atoms with Crippen LogP contribution in [0.3, 0.4) is 0 Å². The van der Waals surface area contributed by atoms with Gasteiger partial charge in [0.2, 0.25) is 11.8 Å². The normalized spacial score (nSPS) is 10.5. The Balaban J connectivity index is 1.82. The Morgan fingerprint density at radius 2 is 1.97 bits per heavy atom. The van der Waals surface area contributed by atoms with Gasteiger partial charge in [-0.1, -0.05) is 17.7 Å². The number of anilines is 3. The summed E-state index contributed by atoms with van der Waals surface area (Å²) in [6.07, 6.45) is 4.73. The lowest BCUT2D eigenvalue weighted by atomic mass is 10.1. The van der Waals surface area contributed by atoms with Crippen molar-refractivity contribution < 1.29 is 14.0 Å². The smallest absolute Gasteiger partial charge is 0.229 e. The number of nitrogens with one attached hydrogen (secondary N) is 1. The fourth-order valence-electron chi connectivity index (χ4n) is 2.83. The number of benzene rings is 1. The molecule has 0 bridgehead atoms. The van der Waals surface area contributed by atoms with Gasteiger partial charge in [-0.3, -0.25) is 19.5 Å². The molecular weight excluding hydrogens is 395 g/mol. The van der Waals surface area contributed by atoms with Crippen LogP contribution < -0.4 is 10.2 Å². The van der Waals surface area contributed by atoms with E-state index in [-0.39, 0.29) is 23.3 Å². The number of halogens is 2. The first-order chi connectivity index (χ1) is 13.8. The van der Waals surface area contributed by atoms with Crippen LogP contribution in [0.4, 0.5) is 21.6 Å². The summed E-state index contributed by atoms with van der Waals surface area (Å²) in [6.45, 7) is 3.28. The third kappa shape index (κ3) is 4.94. The monoisotopic (exact) mass is 412 g/mol. The number of hydrogen-bond donors (Lipinski definition) is 1. The number of rotatable bonds is 5. The number of carbonyl (C=O) groups excluding carboxylic acids is 2. The van der Waals surface area contributed by atoms with Crippen molar-refractivity contribution in [1.82, 2.24) is 9.97 Å². The van der Waals surface area contributed by atoms with Crippen LogP contribution in [0.5, 0.6) is 0 Å². The van der Waals surface area contributed by atoms with Crippen molar-refractivity contribution in [1.29, 1.82) is 0 Å². The first-order valence-electron chi connectivity index (χ1n) is 8.76. The molecule has 2 amide bonds. The van der Waals surface area contributed by atoms with Gasteiger partial charge in [0.1, 0.15) is 11.6 Å². The molecule has 0 atom stereocenters. The molecule has 29 heavy (non-hydrogen) atoms. The number of aromatic nitrogens is 2. The summed E-state index contributed by atoms with van der Waals surface area (Å²) in [5.74, 6) is -0.656. The lowest BCUT2D eigenvalue weighted by Crippen LogP contribution is -2.25. The second-order valence-corrected chi connectivity index (χ2v) is 6.79. The van der Waals surface area contributed by atoms with Crippen molar-refractivity contribution in [3.8, 4) is 0 Å². The molecule has 0 aliphatic rings. The number of pyridine rings is 2. The molecule has 6 nitrogen and oxygen atoms in total. The van der Waals surface area contributed by atoms with Crippen molar-refractivity contribution in [3.63, 3.8) is 0 Å². The first kappa shape index (κ1) is 20.4. The third-order valence-corrected chi connectivity index (χ3v) is 4.52. The summed E-state index contributed by atoms with van der Waals surface area (Å²) >= 11 is 5.98. The van der Waals surface area contributed by atoms with Crippen molar-refractivity contribution >= 4 is 40.6 Å². The Hall–Kier alpha value is -3.32. The van der Waals surface area contributed by atoms with E-state index in [0.717, 1.165) is 11.6 Å². The van der Waals surface area contributed by atoms with Gasteiger partial charge in [0, 0.05) is 42.3 Å². The Morgan fingerprint density at radius 3 is 2.66 bits per heavy atom. The molecule has 0 unspecified atom stereocenters. The van der Waals surface area contributed by atoms with Crippen molar-refractivity contribution in [3.05, 3.63) is 77.0 Å². The first-order valence-corrected chi connectivity index (χ1v) is 9.14. The van der Waals surface area contributed by atoms with Gasteiger partial charge in [-0.05, 0) is 42.3 Å². The van der Waals surface area contributed by atoms with E-state index in [1.807, 2.05) is 6.92 Å². The van der Waals surface area contributed by atoms with Crippen molar-refractivity contribution in [2.45, 2.75) is 20.3 Å². The topological polar surface area (TPSA) is 75.2 Å². The summed E-state index contributed by atoms with van der Waals surface area (Å²) in [5, 5.41) is 2.94. The highest BCUT2D eigenvalue weighted by molar-refractivity contribution is 6.31. The summed E-state index contributed by atoms with van der Waals surface area (Å²) in [7, 11) is 0. The molecule has 0 spiro atoms. The average Bonchev–Trinajstić information content (AvgIpc) is 2.66. The highest BCUT2D eigenvalue weighted by atomic mass is 35.5. The van der Waals surface area contributed by atoms with Crippen LogP contribution in [0, 0.1) is 12.7 Å². The van der Waals surface area contributed by atoms with Gasteiger partial charge in [-0.2, -0.15) is 0 Å². The van der Waals surface area contributed by atoms with Crippen LogP contribution in [0.15, 0.2) is 55.0 Å². The van der Waals surface area contributed by atoms with E-state index in [0.29, 0.717) is 22.8 Å². The summed E-state index contributed by atoms with van der Waals surface area (Å²) in [5.41, 5.74) is 2.44. The molecule has 3 aromatic rings. The molecular formula is C21H18ClFN4O2. The molecule has 0 radical (unpaired) electrons. The van der Waals surface area contributed by atoms with E-state index in [2.05, 4.69) is 15.3 Å². The molecule has 8 heteroatoms. The van der Waals surface area contributed by atoms with Gasteiger partial charge >= 0.3 is 0 Å². The number of nitrogens with zero attached hydrogens (tertiary/aromatic N) is 3. The molecule has 0 aliphatic heterocycles. The second-order valence-electron chi connectivity index (χ2n) is 6.38. The molecule has 0 fully saturated rings. The van der Waals surface area contributed by atoms with Crippen LogP contribution in [-0.2, 0) is 16.0 Å². The number of aryl methyl sites for hydroxylation is 1. The van der Waals surface area contributed by atoms with Gasteiger partial charge < -0.3 is 5.32 Å². The molecule has 2 aromatic heterocycles. The summed E-state index contributed by atoms with van der Waals surface area (Å²) in [4.78, 5) is 34.4. The highest BCUT2D eigenvalue weighted by Crippen LogP contribution is 2.28. The largest absolute Gasteiger partial charge is 0.326 e. The van der Waals surface area contributed by atoms with Crippen molar-refractivity contribution in [2.75, 3.05) is 10.2 Å². The van der Waals surface area contributed by atoms with E-state index >= 15 is 0 Å². The lowest BCUT2D eigenvalue weighted by Gasteiger charge is -2.22. The fourth-order valence-corrected chi connectivity index (χ4v) is 3.07. The van der Waals surface area contributed by atoms with Gasteiger partial charge in [0.25, 0.3) is 0 Å². The zero-order chi connectivity index (χ0) is 21.0. The molecule has 1 aromatic carbocycles. The van der Waals surface area contributed by atoms with E-state index < -0.39 is 5.82 Å². The van der Waals surface area contributed by atoms with Gasteiger partial charge in [-0.25, -0.2) is 9.37 Å². The summed E-state index contributed by atoms with van der Waals surface area (Å²) < 4.78 is 13.2. The van der Waals surface area contributed by atoms with Gasteiger partial charge in [0.15, 0.2) is 0 Å². The number of hydrogen-bond acceptors (Lipinski definition) is 4. The standard InChI is InChI=1S/C21H18ClFN4O2/c1-13-12-24-7-6-19(13)27(14(2)28)20-11-17(5-8-25-20)26-21(29)9-15-3-4-16(23)10-18(15)22/h3-8,10-12H,9H2,1-2H3,(H,25,26,29). The predicted molar refractivity (Wildman–Crippen MR) is 110 cm³/mol. The minimum Gasteiger partial charge on any atom is -0.326 e. The van der Waals surface area contributed by atoms with E-state index in [4.69, 9.17) is 11.6 Å². The lowest BCUT2D eigenvalue weighted by molar-refractivity contribution is -0.116. The van der Waals surface area contributed by atoms with Crippen LogP contribution in [0.25, 0.3) is 0 Å². The van der Waals surface area contributed by atoms with Gasteiger partial charge in [0.05, 0.1) is 12.1 Å². The number of carbonyl (C=O) groups is 2. The van der Waals surface area contributed by atoms with E-state index in [1.54, 1.807) is 30.6 Å². The third-order valence-electron chi connectivity index (χ3n) is 4.17. The quantitative estimate of drug-likeness (QED) is 0.672. The maximum Gasteiger partial charge on any atom is 0.229 e. The second kappa shape index (κ2) is 8.79. The Morgan fingerprint density at radius 1 is 1.17 bits per heavy atom. The molecule has 1 N–H and O–H groups in total. The zero-order valence-corrected chi connectivity index (χ0v) is 16.6. The average molecular weight is 413 g/mol. The van der Waals surface area contributed by atoms with Crippen LogP contribution in [-0.4, -0.2) is 21.8 Å². The molecule has 148 valence electrons. The SMILES string of the molecule is CC(=O)N(c1cc(NC(=O)Cc2ccc(F)cc2Cl)ccn1)c1ccncc1C. The predicted octanol–water partition coefficient (Wildman–Crippen LogP) is 4.44. The van der Waals surface area contributed by atoms with E-state index in [1.165, 1.54) is 30.2 Å². The minimum atomic E-state index is -0.464. The van der Waals surface area contributed by atoms with E-state index in [9.17, 15) is 14.0 Å². The maximum absolute atomic E-state index is 13.2. The molecule has 3 rings (SSSR count). The Kier molecular flexibility index (Phi) is 6.19. The molecule has 0 saturated carbocycles. The van der Waals surface area contributed by atoms with Crippen LogP contribution in [0.2, 0.25) is 5.02 Å². The number of amides is 2. The zero-order valence-electron chi connectivity index (χ0n) is 15.8.